The highest BCUT2D eigenvalue weighted by Gasteiger charge is 2.31. The molecule has 0 aliphatic heterocycles. The maximum absolute atomic E-state index is 9.02. The Kier molecular flexibility index (Phi) is 3.84. The molecular formula is C16H19N3OS. The second-order valence-electron chi connectivity index (χ2n) is 5.44. The van der Waals surface area contributed by atoms with Gasteiger partial charge in [0.05, 0.1) is 6.54 Å². The lowest BCUT2D eigenvalue weighted by molar-refractivity contribution is 0.318. The number of oxime groups is 1. The molecule has 0 unspecified atom stereocenters. The van der Waals surface area contributed by atoms with Crippen molar-refractivity contribution in [2.24, 2.45) is 10.9 Å². The van der Waals surface area contributed by atoms with Gasteiger partial charge < -0.3 is 15.8 Å². The van der Waals surface area contributed by atoms with Gasteiger partial charge in [-0.05, 0) is 48.9 Å². The van der Waals surface area contributed by atoms with Crippen LogP contribution < -0.4 is 10.6 Å². The molecule has 3 N–H and O–H groups in total. The van der Waals surface area contributed by atoms with Crippen LogP contribution in [0.4, 0.5) is 5.69 Å². The Hall–Kier alpha value is -2.01. The molecule has 0 radical (unpaired) electrons. The molecule has 0 spiro atoms. The zero-order chi connectivity index (χ0) is 14.8. The van der Waals surface area contributed by atoms with Crippen molar-refractivity contribution in [3.8, 4) is 0 Å². The zero-order valence-electron chi connectivity index (χ0n) is 12.0. The first-order valence-electron chi connectivity index (χ1n) is 7.06. The van der Waals surface area contributed by atoms with Gasteiger partial charge in [-0.2, -0.15) is 0 Å². The van der Waals surface area contributed by atoms with Crippen LogP contribution in [0.25, 0.3) is 0 Å². The molecule has 1 aromatic heterocycles. The Morgan fingerprint density at radius 1 is 1.43 bits per heavy atom. The molecular weight excluding hydrogens is 282 g/mol. The summed E-state index contributed by atoms with van der Waals surface area (Å²) in [7, 11) is 0. The van der Waals surface area contributed by atoms with Crippen LogP contribution >= 0.6 is 11.3 Å². The first-order chi connectivity index (χ1) is 10.2. The van der Waals surface area contributed by atoms with E-state index in [1.165, 1.54) is 23.3 Å². The summed E-state index contributed by atoms with van der Waals surface area (Å²) in [5, 5.41) is 14.3. The van der Waals surface area contributed by atoms with E-state index in [-0.39, 0.29) is 5.84 Å². The van der Waals surface area contributed by atoms with Crippen LogP contribution in [0, 0.1) is 6.92 Å². The van der Waals surface area contributed by atoms with E-state index < -0.39 is 0 Å². The van der Waals surface area contributed by atoms with Gasteiger partial charge in [0.2, 0.25) is 0 Å². The molecule has 0 saturated heterocycles. The van der Waals surface area contributed by atoms with Crippen molar-refractivity contribution in [1.82, 2.24) is 0 Å². The summed E-state index contributed by atoms with van der Waals surface area (Å²) < 4.78 is 0. The van der Waals surface area contributed by atoms with Crippen LogP contribution in [0.5, 0.6) is 0 Å². The highest BCUT2D eigenvalue weighted by atomic mass is 32.1. The molecule has 21 heavy (non-hydrogen) atoms. The Morgan fingerprint density at radius 2 is 2.24 bits per heavy atom. The molecule has 1 aliphatic carbocycles. The molecule has 3 rings (SSSR count). The summed E-state index contributed by atoms with van der Waals surface area (Å²) in [6.07, 6.45) is 2.41. The van der Waals surface area contributed by atoms with Gasteiger partial charge in [-0.3, -0.25) is 0 Å². The smallest absolute Gasteiger partial charge is 0.172 e. The van der Waals surface area contributed by atoms with E-state index in [1.807, 2.05) is 12.1 Å². The fraction of sp³-hybridized carbons (Fsp3) is 0.312. The van der Waals surface area contributed by atoms with E-state index in [2.05, 4.69) is 40.6 Å². The number of thiophene rings is 1. The fourth-order valence-corrected chi connectivity index (χ4v) is 3.22. The van der Waals surface area contributed by atoms with Crippen molar-refractivity contribution in [1.29, 1.82) is 0 Å². The third-order valence-corrected chi connectivity index (χ3v) is 4.60. The molecule has 1 heterocycles. The molecule has 0 amide bonds. The molecule has 1 saturated carbocycles. The quantitative estimate of drug-likeness (QED) is 0.385. The van der Waals surface area contributed by atoms with Crippen LogP contribution in [-0.4, -0.2) is 17.1 Å². The summed E-state index contributed by atoms with van der Waals surface area (Å²) in [4.78, 5) is 3.71. The van der Waals surface area contributed by atoms with Crippen molar-refractivity contribution in [2.45, 2.75) is 32.4 Å². The summed E-state index contributed by atoms with van der Waals surface area (Å²) in [6, 6.07) is 10.8. The van der Waals surface area contributed by atoms with E-state index in [9.17, 15) is 0 Å². The fourth-order valence-electron chi connectivity index (χ4n) is 2.52. The molecule has 5 heteroatoms. The number of aryl methyl sites for hydroxylation is 1. The van der Waals surface area contributed by atoms with E-state index in [1.54, 1.807) is 11.3 Å². The van der Waals surface area contributed by atoms with Crippen molar-refractivity contribution >= 4 is 22.9 Å². The maximum atomic E-state index is 9.02. The number of anilines is 1. The van der Waals surface area contributed by atoms with Crippen molar-refractivity contribution in [3.63, 3.8) is 0 Å². The molecule has 1 fully saturated rings. The number of nitrogens with zero attached hydrogens (tertiary/aromatic N) is 2. The van der Waals surface area contributed by atoms with Gasteiger partial charge in [0.1, 0.15) is 0 Å². The number of benzene rings is 1. The maximum Gasteiger partial charge on any atom is 0.172 e. The Balaban J connectivity index is 2.00. The van der Waals surface area contributed by atoms with Gasteiger partial charge in [-0.1, -0.05) is 17.3 Å². The Bertz CT molecular complexity index is 648. The third kappa shape index (κ3) is 3.03. The molecule has 110 valence electrons. The van der Waals surface area contributed by atoms with Gasteiger partial charge in [-0.15, -0.1) is 11.3 Å². The minimum absolute atomic E-state index is 0.168. The van der Waals surface area contributed by atoms with Crippen LogP contribution in [0.15, 0.2) is 40.9 Å². The number of amidine groups is 1. The number of hydrogen-bond donors (Lipinski definition) is 2. The predicted molar refractivity (Wildman–Crippen MR) is 87.2 cm³/mol. The third-order valence-electron chi connectivity index (χ3n) is 3.74. The molecule has 4 nitrogen and oxygen atoms in total. The Labute approximate surface area is 128 Å². The Morgan fingerprint density at radius 3 is 2.86 bits per heavy atom. The highest BCUT2D eigenvalue weighted by Crippen LogP contribution is 2.36. The standard InChI is InChI=1S/C16H19N3OS/c1-11-4-7-14(16(17)18-20)15(9-11)19(12-5-6-12)10-13-3-2-8-21-13/h2-4,7-9,12,20H,5-6,10H2,1H3,(H2,17,18). The SMILES string of the molecule is Cc1ccc(C(N)=NO)c(N(Cc2cccs2)C2CC2)c1. The second-order valence-corrected chi connectivity index (χ2v) is 6.48. The van der Waals surface area contributed by atoms with E-state index in [0.29, 0.717) is 6.04 Å². The van der Waals surface area contributed by atoms with Gasteiger partial charge >= 0.3 is 0 Å². The first kappa shape index (κ1) is 13.9. The molecule has 0 atom stereocenters. The molecule has 0 bridgehead atoms. The predicted octanol–water partition coefficient (Wildman–Crippen LogP) is 3.32. The number of hydrogen-bond acceptors (Lipinski definition) is 4. The highest BCUT2D eigenvalue weighted by molar-refractivity contribution is 7.09. The lowest BCUT2D eigenvalue weighted by atomic mass is 10.1. The second kappa shape index (κ2) is 5.77. The minimum Gasteiger partial charge on any atom is -0.409 e. The van der Waals surface area contributed by atoms with Gasteiger partial charge in [0.25, 0.3) is 0 Å². The molecule has 2 aromatic rings. The van der Waals surface area contributed by atoms with Crippen LogP contribution in [0.1, 0.15) is 28.8 Å². The number of rotatable bonds is 5. The lowest BCUT2D eigenvalue weighted by Crippen LogP contribution is -2.28. The van der Waals surface area contributed by atoms with Crippen LogP contribution in [0.3, 0.4) is 0 Å². The minimum atomic E-state index is 0.168. The van der Waals surface area contributed by atoms with E-state index >= 15 is 0 Å². The van der Waals surface area contributed by atoms with Crippen LogP contribution in [-0.2, 0) is 6.54 Å². The summed E-state index contributed by atoms with van der Waals surface area (Å²) in [5.41, 5.74) is 8.88. The largest absolute Gasteiger partial charge is 0.409 e. The monoisotopic (exact) mass is 301 g/mol. The summed E-state index contributed by atoms with van der Waals surface area (Å²) in [6.45, 7) is 2.94. The van der Waals surface area contributed by atoms with E-state index in [0.717, 1.165) is 17.8 Å². The molecule has 1 aromatic carbocycles. The summed E-state index contributed by atoms with van der Waals surface area (Å²) >= 11 is 1.76. The topological polar surface area (TPSA) is 61.9 Å². The van der Waals surface area contributed by atoms with Crippen LogP contribution in [0.2, 0.25) is 0 Å². The van der Waals surface area contributed by atoms with E-state index in [4.69, 9.17) is 10.9 Å². The van der Waals surface area contributed by atoms with Gasteiger partial charge in [0, 0.05) is 22.2 Å². The lowest BCUT2D eigenvalue weighted by Gasteiger charge is -2.27. The normalized spacial score (nSPS) is 15.2. The molecule has 1 aliphatic rings. The van der Waals surface area contributed by atoms with Gasteiger partial charge in [-0.25, -0.2) is 0 Å². The van der Waals surface area contributed by atoms with Crippen molar-refractivity contribution in [2.75, 3.05) is 4.90 Å². The number of nitrogens with two attached hydrogens (primary N) is 1. The van der Waals surface area contributed by atoms with Crippen molar-refractivity contribution < 1.29 is 5.21 Å². The van der Waals surface area contributed by atoms with Gasteiger partial charge in [0.15, 0.2) is 5.84 Å². The summed E-state index contributed by atoms with van der Waals surface area (Å²) in [5.74, 6) is 0.168. The average molecular weight is 301 g/mol. The zero-order valence-corrected chi connectivity index (χ0v) is 12.8. The van der Waals surface area contributed by atoms with Crippen molar-refractivity contribution in [3.05, 3.63) is 51.7 Å². The average Bonchev–Trinajstić information content (AvgIpc) is 3.20. The first-order valence-corrected chi connectivity index (χ1v) is 7.94.